The minimum absolute atomic E-state index is 0.197. The fourth-order valence-corrected chi connectivity index (χ4v) is 2.22. The second kappa shape index (κ2) is 11.1. The average molecular weight is 358 g/mol. The molecule has 0 atom stereocenters. The van der Waals surface area contributed by atoms with Crippen molar-refractivity contribution in [2.75, 3.05) is 32.2 Å². The van der Waals surface area contributed by atoms with E-state index in [9.17, 15) is 4.79 Å². The van der Waals surface area contributed by atoms with Gasteiger partial charge in [-0.2, -0.15) is 0 Å². The van der Waals surface area contributed by atoms with Crippen molar-refractivity contribution in [3.05, 3.63) is 48.2 Å². The highest BCUT2D eigenvalue weighted by molar-refractivity contribution is 6.04. The van der Waals surface area contributed by atoms with Gasteiger partial charge in [0.1, 0.15) is 12.4 Å². The second-order valence-electron chi connectivity index (χ2n) is 5.76. The number of ether oxygens (including phenoxy) is 3. The summed E-state index contributed by atoms with van der Waals surface area (Å²) >= 11 is 0. The molecule has 0 aliphatic rings. The summed E-state index contributed by atoms with van der Waals surface area (Å²) in [6.07, 6.45) is 4.92. The van der Waals surface area contributed by atoms with Crippen LogP contribution in [0.15, 0.2) is 42.6 Å². The van der Waals surface area contributed by atoms with Crippen LogP contribution in [0.3, 0.4) is 0 Å². The molecule has 0 saturated heterocycles. The summed E-state index contributed by atoms with van der Waals surface area (Å²) in [5.41, 5.74) is 1.17. The summed E-state index contributed by atoms with van der Waals surface area (Å²) in [5.74, 6) is 1.07. The van der Waals surface area contributed by atoms with Gasteiger partial charge >= 0.3 is 0 Å². The lowest BCUT2D eigenvalue weighted by molar-refractivity contribution is 0.102. The predicted octanol–water partition coefficient (Wildman–Crippen LogP) is 3.93. The molecule has 6 heteroatoms. The fourth-order valence-electron chi connectivity index (χ4n) is 2.22. The highest BCUT2D eigenvalue weighted by Gasteiger charge is 2.07. The van der Waals surface area contributed by atoms with Gasteiger partial charge in [0.2, 0.25) is 5.88 Å². The summed E-state index contributed by atoms with van der Waals surface area (Å²) in [6.45, 7) is 3.79. The number of rotatable bonds is 11. The van der Waals surface area contributed by atoms with Crippen LogP contribution in [-0.4, -0.2) is 37.8 Å². The molecule has 0 saturated carbocycles. The van der Waals surface area contributed by atoms with E-state index in [0.29, 0.717) is 37.0 Å². The zero-order valence-electron chi connectivity index (χ0n) is 15.4. The van der Waals surface area contributed by atoms with E-state index in [1.54, 1.807) is 37.6 Å². The molecule has 0 fully saturated rings. The lowest BCUT2D eigenvalue weighted by atomic mass is 10.2. The molecule has 0 unspecified atom stereocenters. The summed E-state index contributed by atoms with van der Waals surface area (Å²) in [7, 11) is 1.61. The summed E-state index contributed by atoms with van der Waals surface area (Å²) in [5, 5.41) is 2.81. The highest BCUT2D eigenvalue weighted by atomic mass is 16.5. The Balaban J connectivity index is 1.83. The summed E-state index contributed by atoms with van der Waals surface area (Å²) in [4.78, 5) is 16.4. The molecule has 2 aromatic rings. The maximum absolute atomic E-state index is 12.3. The van der Waals surface area contributed by atoms with Crippen molar-refractivity contribution in [3.8, 4) is 11.6 Å². The molecule has 140 valence electrons. The van der Waals surface area contributed by atoms with Gasteiger partial charge in [-0.15, -0.1) is 0 Å². The van der Waals surface area contributed by atoms with Crippen LogP contribution in [0.25, 0.3) is 0 Å². The lowest BCUT2D eigenvalue weighted by Crippen LogP contribution is -2.12. The number of aromatic nitrogens is 1. The number of hydrogen-bond donors (Lipinski definition) is 1. The van der Waals surface area contributed by atoms with E-state index in [4.69, 9.17) is 14.2 Å². The molecule has 0 bridgehead atoms. The molecule has 0 spiro atoms. The van der Waals surface area contributed by atoms with Gasteiger partial charge in [0.25, 0.3) is 5.91 Å². The Kier molecular flexibility index (Phi) is 8.42. The molecule has 0 aliphatic carbocycles. The molecule has 1 aromatic heterocycles. The number of pyridine rings is 1. The average Bonchev–Trinajstić information content (AvgIpc) is 2.67. The SMILES string of the molecule is CCCCCOc1ccc(C(=O)Nc2ccc(OCCOC)nc2)cc1. The first-order valence-electron chi connectivity index (χ1n) is 8.85. The smallest absolute Gasteiger partial charge is 0.255 e. The quantitative estimate of drug-likeness (QED) is 0.616. The van der Waals surface area contributed by atoms with Crippen molar-refractivity contribution in [2.24, 2.45) is 0 Å². The molecule has 1 amide bonds. The van der Waals surface area contributed by atoms with Crippen molar-refractivity contribution < 1.29 is 19.0 Å². The number of nitrogens with one attached hydrogen (secondary N) is 1. The van der Waals surface area contributed by atoms with Crippen LogP contribution >= 0.6 is 0 Å². The van der Waals surface area contributed by atoms with Gasteiger partial charge in [-0.25, -0.2) is 4.98 Å². The minimum Gasteiger partial charge on any atom is -0.494 e. The molecule has 26 heavy (non-hydrogen) atoms. The lowest BCUT2D eigenvalue weighted by Gasteiger charge is -2.08. The van der Waals surface area contributed by atoms with Crippen LogP contribution in [0.4, 0.5) is 5.69 Å². The molecule has 0 radical (unpaired) electrons. The van der Waals surface area contributed by atoms with Gasteiger partial charge in [-0.1, -0.05) is 19.8 Å². The molecule has 1 N–H and O–H groups in total. The molecular formula is C20H26N2O4. The molecule has 1 heterocycles. The normalized spacial score (nSPS) is 10.4. The van der Waals surface area contributed by atoms with E-state index in [1.165, 1.54) is 0 Å². The Morgan fingerprint density at radius 1 is 1.00 bits per heavy atom. The van der Waals surface area contributed by atoms with E-state index in [1.807, 2.05) is 12.1 Å². The second-order valence-corrected chi connectivity index (χ2v) is 5.76. The molecular weight excluding hydrogens is 332 g/mol. The number of nitrogens with zero attached hydrogens (tertiary/aromatic N) is 1. The van der Waals surface area contributed by atoms with Crippen molar-refractivity contribution in [1.82, 2.24) is 4.98 Å². The third kappa shape index (κ3) is 6.72. The molecule has 1 aromatic carbocycles. The molecule has 0 aliphatic heterocycles. The Morgan fingerprint density at radius 3 is 2.46 bits per heavy atom. The monoisotopic (exact) mass is 358 g/mol. The zero-order chi connectivity index (χ0) is 18.6. The Morgan fingerprint density at radius 2 is 1.81 bits per heavy atom. The number of anilines is 1. The van der Waals surface area contributed by atoms with E-state index in [0.717, 1.165) is 25.0 Å². The van der Waals surface area contributed by atoms with Gasteiger partial charge < -0.3 is 19.5 Å². The number of benzene rings is 1. The number of unbranched alkanes of at least 4 members (excludes halogenated alkanes) is 2. The maximum Gasteiger partial charge on any atom is 0.255 e. The third-order valence-electron chi connectivity index (χ3n) is 3.66. The maximum atomic E-state index is 12.3. The van der Waals surface area contributed by atoms with E-state index < -0.39 is 0 Å². The Labute approximate surface area is 154 Å². The van der Waals surface area contributed by atoms with Gasteiger partial charge in [-0.3, -0.25) is 4.79 Å². The first-order chi connectivity index (χ1) is 12.7. The number of carbonyl (C=O) groups excluding carboxylic acids is 1. The van der Waals surface area contributed by atoms with Crippen molar-refractivity contribution in [1.29, 1.82) is 0 Å². The van der Waals surface area contributed by atoms with E-state index in [2.05, 4.69) is 17.2 Å². The first-order valence-corrected chi connectivity index (χ1v) is 8.85. The number of methoxy groups -OCH3 is 1. The Bertz CT molecular complexity index is 657. The van der Waals surface area contributed by atoms with Gasteiger partial charge in [-0.05, 0) is 36.8 Å². The van der Waals surface area contributed by atoms with Gasteiger partial charge in [0.05, 0.1) is 25.1 Å². The number of amides is 1. The predicted molar refractivity (Wildman–Crippen MR) is 101 cm³/mol. The fraction of sp³-hybridized carbons (Fsp3) is 0.400. The van der Waals surface area contributed by atoms with Gasteiger partial charge in [0, 0.05) is 18.7 Å². The topological polar surface area (TPSA) is 69.7 Å². The van der Waals surface area contributed by atoms with Gasteiger partial charge in [0.15, 0.2) is 0 Å². The van der Waals surface area contributed by atoms with Crippen LogP contribution in [0.2, 0.25) is 0 Å². The molecule has 2 rings (SSSR count). The van der Waals surface area contributed by atoms with Crippen LogP contribution in [0, 0.1) is 0 Å². The summed E-state index contributed by atoms with van der Waals surface area (Å²) < 4.78 is 15.9. The Hall–Kier alpha value is -2.60. The minimum atomic E-state index is -0.197. The third-order valence-corrected chi connectivity index (χ3v) is 3.66. The largest absolute Gasteiger partial charge is 0.494 e. The number of hydrogen-bond acceptors (Lipinski definition) is 5. The van der Waals surface area contributed by atoms with Crippen molar-refractivity contribution in [3.63, 3.8) is 0 Å². The molecule has 6 nitrogen and oxygen atoms in total. The van der Waals surface area contributed by atoms with Crippen molar-refractivity contribution >= 4 is 11.6 Å². The van der Waals surface area contributed by atoms with E-state index >= 15 is 0 Å². The summed E-state index contributed by atoms with van der Waals surface area (Å²) in [6, 6.07) is 10.6. The first kappa shape index (κ1) is 19.7. The van der Waals surface area contributed by atoms with Crippen molar-refractivity contribution in [2.45, 2.75) is 26.2 Å². The standard InChI is InChI=1S/C20H26N2O4/c1-3-4-5-12-25-18-9-6-16(7-10-18)20(23)22-17-8-11-19(21-15-17)26-14-13-24-2/h6-11,15H,3-5,12-14H2,1-2H3,(H,22,23). The van der Waals surface area contributed by atoms with Crippen LogP contribution in [0.5, 0.6) is 11.6 Å². The van der Waals surface area contributed by atoms with Crippen LogP contribution in [-0.2, 0) is 4.74 Å². The van der Waals surface area contributed by atoms with Crippen LogP contribution < -0.4 is 14.8 Å². The highest BCUT2D eigenvalue weighted by Crippen LogP contribution is 2.16. The number of carbonyl (C=O) groups is 1. The zero-order valence-corrected chi connectivity index (χ0v) is 15.4. The van der Waals surface area contributed by atoms with E-state index in [-0.39, 0.29) is 5.91 Å². The van der Waals surface area contributed by atoms with Crippen LogP contribution in [0.1, 0.15) is 36.5 Å².